The Balaban J connectivity index is 0.983. The van der Waals surface area contributed by atoms with E-state index in [9.17, 15) is 0 Å². The molecule has 3 heteroatoms. The Morgan fingerprint density at radius 1 is 0.344 bits per heavy atom. The van der Waals surface area contributed by atoms with Gasteiger partial charge in [0.05, 0.1) is 27.8 Å². The number of hydrogen-bond donors (Lipinski definition) is 0. The molecule has 0 aliphatic rings. The van der Waals surface area contributed by atoms with Gasteiger partial charge < -0.3 is 13.9 Å². The number of para-hydroxylation sites is 4. The van der Waals surface area contributed by atoms with Crippen LogP contribution in [0.2, 0.25) is 0 Å². The summed E-state index contributed by atoms with van der Waals surface area (Å²) in [6.07, 6.45) is 0. The van der Waals surface area contributed by atoms with Crippen LogP contribution in [0.4, 0.5) is 17.1 Å². The summed E-state index contributed by atoms with van der Waals surface area (Å²) < 4.78 is 8.83. The molecular formula is C58H38N2O. The standard InChI is InChI=1S/C58H38N2O/c1-2-15-42-38-43(29-28-39(42)14-1)40-30-34-44(35-31-40)59(55-25-13-27-57-58(55)51-21-8-12-26-56(51)61-57)45-36-32-41(33-37-45)46-16-3-4-17-47(46)48-18-5-9-22-52(48)60-53-23-10-6-19-49(53)50-20-7-11-24-54(50)60/h1-38H. The van der Waals surface area contributed by atoms with Crippen LogP contribution in [-0.2, 0) is 0 Å². The first-order chi connectivity index (χ1) is 30.3. The van der Waals surface area contributed by atoms with E-state index in [-0.39, 0.29) is 0 Å². The van der Waals surface area contributed by atoms with Crippen molar-refractivity contribution in [3.05, 3.63) is 231 Å². The van der Waals surface area contributed by atoms with Gasteiger partial charge in [0.25, 0.3) is 0 Å². The molecule has 286 valence electrons. The van der Waals surface area contributed by atoms with Crippen molar-refractivity contribution in [2.45, 2.75) is 0 Å². The molecule has 0 saturated carbocycles. The lowest BCUT2D eigenvalue weighted by molar-refractivity contribution is 0.669. The zero-order valence-corrected chi connectivity index (χ0v) is 33.2. The molecular weight excluding hydrogens is 741 g/mol. The molecule has 0 spiro atoms. The molecule has 0 saturated heterocycles. The number of hydrogen-bond acceptors (Lipinski definition) is 2. The van der Waals surface area contributed by atoms with E-state index < -0.39 is 0 Å². The molecule has 0 radical (unpaired) electrons. The number of aromatic nitrogens is 1. The lowest BCUT2D eigenvalue weighted by Gasteiger charge is -2.27. The van der Waals surface area contributed by atoms with Crippen molar-refractivity contribution in [3.8, 4) is 39.1 Å². The first-order valence-electron chi connectivity index (χ1n) is 20.8. The van der Waals surface area contributed by atoms with Gasteiger partial charge in [-0.05, 0) is 105 Å². The summed E-state index contributed by atoms with van der Waals surface area (Å²) in [5.74, 6) is 0. The van der Waals surface area contributed by atoms with Crippen molar-refractivity contribution in [2.24, 2.45) is 0 Å². The predicted molar refractivity (Wildman–Crippen MR) is 257 cm³/mol. The molecule has 0 aliphatic carbocycles. The molecule has 0 bridgehead atoms. The van der Waals surface area contributed by atoms with Gasteiger partial charge in [0, 0.05) is 33.1 Å². The lowest BCUT2D eigenvalue weighted by atomic mass is 9.93. The number of nitrogens with zero attached hydrogens (tertiary/aromatic N) is 2. The van der Waals surface area contributed by atoms with E-state index in [0.717, 1.165) is 50.3 Å². The number of benzene rings is 10. The first-order valence-corrected chi connectivity index (χ1v) is 20.8. The summed E-state index contributed by atoms with van der Waals surface area (Å²) in [5.41, 5.74) is 15.5. The number of anilines is 3. The van der Waals surface area contributed by atoms with Crippen molar-refractivity contribution >= 4 is 71.6 Å². The minimum absolute atomic E-state index is 0.865. The number of furan rings is 1. The summed E-state index contributed by atoms with van der Waals surface area (Å²) in [5, 5.41) is 7.17. The van der Waals surface area contributed by atoms with Gasteiger partial charge in [-0.15, -0.1) is 0 Å². The maximum atomic E-state index is 6.41. The van der Waals surface area contributed by atoms with Crippen molar-refractivity contribution in [1.29, 1.82) is 0 Å². The Morgan fingerprint density at radius 3 is 1.62 bits per heavy atom. The molecule has 0 atom stereocenters. The van der Waals surface area contributed by atoms with Gasteiger partial charge in [0.2, 0.25) is 0 Å². The van der Waals surface area contributed by atoms with E-state index in [1.807, 2.05) is 12.1 Å². The number of fused-ring (bicyclic) bond motifs is 7. The normalized spacial score (nSPS) is 11.6. The third-order valence-electron chi connectivity index (χ3n) is 12.2. The van der Waals surface area contributed by atoms with Crippen molar-refractivity contribution in [1.82, 2.24) is 4.57 Å². The van der Waals surface area contributed by atoms with Gasteiger partial charge >= 0.3 is 0 Å². The van der Waals surface area contributed by atoms with Crippen LogP contribution < -0.4 is 4.90 Å². The average molecular weight is 779 g/mol. The second-order valence-corrected chi connectivity index (χ2v) is 15.7. The monoisotopic (exact) mass is 778 g/mol. The second-order valence-electron chi connectivity index (χ2n) is 15.7. The minimum Gasteiger partial charge on any atom is -0.456 e. The second kappa shape index (κ2) is 14.3. The molecule has 0 fully saturated rings. The molecule has 3 nitrogen and oxygen atoms in total. The summed E-state index contributed by atoms with van der Waals surface area (Å²) in [6.45, 7) is 0. The lowest BCUT2D eigenvalue weighted by Crippen LogP contribution is -2.10. The summed E-state index contributed by atoms with van der Waals surface area (Å²) in [7, 11) is 0. The van der Waals surface area contributed by atoms with Gasteiger partial charge in [-0.1, -0.05) is 164 Å². The van der Waals surface area contributed by atoms with Gasteiger partial charge in [0.15, 0.2) is 0 Å². The van der Waals surface area contributed by atoms with Crippen molar-refractivity contribution in [2.75, 3.05) is 4.90 Å². The van der Waals surface area contributed by atoms with Gasteiger partial charge in [-0.3, -0.25) is 0 Å². The maximum Gasteiger partial charge on any atom is 0.137 e. The van der Waals surface area contributed by atoms with Gasteiger partial charge in [-0.2, -0.15) is 0 Å². The molecule has 2 heterocycles. The van der Waals surface area contributed by atoms with E-state index in [0.29, 0.717) is 0 Å². The van der Waals surface area contributed by atoms with E-state index in [4.69, 9.17) is 4.42 Å². The zero-order valence-electron chi connectivity index (χ0n) is 33.2. The van der Waals surface area contributed by atoms with Crippen LogP contribution in [0, 0.1) is 0 Å². The SMILES string of the molecule is c1ccc(-c2ccccc2-n2c3ccccc3c3ccccc32)c(-c2ccc(N(c3ccc(-c4ccc5ccccc5c4)cc3)c3cccc4oc5ccccc5c34)cc2)c1. The van der Waals surface area contributed by atoms with Crippen LogP contribution in [0.3, 0.4) is 0 Å². The fourth-order valence-electron chi connectivity index (χ4n) is 9.38. The molecule has 2 aromatic heterocycles. The summed E-state index contributed by atoms with van der Waals surface area (Å²) in [6, 6.07) is 82.9. The van der Waals surface area contributed by atoms with E-state index in [2.05, 4.69) is 228 Å². The van der Waals surface area contributed by atoms with Crippen LogP contribution in [0.25, 0.3) is 93.6 Å². The smallest absolute Gasteiger partial charge is 0.137 e. The Morgan fingerprint density at radius 2 is 0.885 bits per heavy atom. The van der Waals surface area contributed by atoms with Crippen LogP contribution >= 0.6 is 0 Å². The Kier molecular flexibility index (Phi) is 8.17. The maximum absolute atomic E-state index is 6.41. The Bertz CT molecular complexity index is 3540. The molecule has 0 amide bonds. The fraction of sp³-hybridized carbons (Fsp3) is 0. The highest BCUT2D eigenvalue weighted by Gasteiger charge is 2.21. The molecule has 61 heavy (non-hydrogen) atoms. The largest absolute Gasteiger partial charge is 0.456 e. The van der Waals surface area contributed by atoms with E-state index in [1.165, 1.54) is 60.4 Å². The Hall–Kier alpha value is -8.14. The number of rotatable bonds is 7. The molecule has 0 unspecified atom stereocenters. The first kappa shape index (κ1) is 34.9. The zero-order chi connectivity index (χ0) is 40.3. The highest BCUT2D eigenvalue weighted by molar-refractivity contribution is 6.13. The van der Waals surface area contributed by atoms with Crippen LogP contribution in [0.1, 0.15) is 0 Å². The quantitative estimate of drug-likeness (QED) is 0.161. The highest BCUT2D eigenvalue weighted by atomic mass is 16.3. The molecule has 0 N–H and O–H groups in total. The van der Waals surface area contributed by atoms with Crippen LogP contribution in [0.15, 0.2) is 235 Å². The predicted octanol–water partition coefficient (Wildman–Crippen LogP) is 16.3. The van der Waals surface area contributed by atoms with E-state index >= 15 is 0 Å². The van der Waals surface area contributed by atoms with E-state index in [1.54, 1.807) is 0 Å². The topological polar surface area (TPSA) is 21.3 Å². The highest BCUT2D eigenvalue weighted by Crippen LogP contribution is 2.45. The molecule has 12 aromatic rings. The van der Waals surface area contributed by atoms with Crippen LogP contribution in [-0.4, -0.2) is 4.57 Å². The third-order valence-corrected chi connectivity index (χ3v) is 12.2. The average Bonchev–Trinajstić information content (AvgIpc) is 3.88. The van der Waals surface area contributed by atoms with Gasteiger partial charge in [-0.25, -0.2) is 0 Å². The fourth-order valence-corrected chi connectivity index (χ4v) is 9.38. The molecule has 12 rings (SSSR count). The summed E-state index contributed by atoms with van der Waals surface area (Å²) in [4.78, 5) is 2.36. The summed E-state index contributed by atoms with van der Waals surface area (Å²) >= 11 is 0. The minimum atomic E-state index is 0.865. The van der Waals surface area contributed by atoms with Crippen molar-refractivity contribution < 1.29 is 4.42 Å². The molecule has 10 aromatic carbocycles. The van der Waals surface area contributed by atoms with Gasteiger partial charge in [0.1, 0.15) is 11.2 Å². The molecule has 0 aliphatic heterocycles. The van der Waals surface area contributed by atoms with Crippen molar-refractivity contribution in [3.63, 3.8) is 0 Å². The third kappa shape index (κ3) is 5.82. The van der Waals surface area contributed by atoms with Crippen LogP contribution in [0.5, 0.6) is 0 Å². The Labute approximate surface area is 353 Å².